The van der Waals surface area contributed by atoms with Gasteiger partial charge in [-0.25, -0.2) is 9.59 Å². The zero-order valence-electron chi connectivity index (χ0n) is 17.5. The molecule has 0 atom stereocenters. The molecule has 1 aliphatic heterocycles. The Bertz CT molecular complexity index is 931. The molecule has 1 heterocycles. The van der Waals surface area contributed by atoms with Crippen LogP contribution in [0.3, 0.4) is 0 Å². The van der Waals surface area contributed by atoms with Gasteiger partial charge in [0.1, 0.15) is 5.60 Å². The second-order valence-electron chi connectivity index (χ2n) is 8.24. The number of anilines is 4. The SMILES string of the molecule is CC(C)(C)OC(=O)N1CCN(c2cccc(Nc3ccc(C(=O)O)cc3N)c2)CC1. The fraction of sp³-hybridized carbons (Fsp3) is 0.364. The average Bonchev–Trinajstić information content (AvgIpc) is 2.68. The van der Waals surface area contributed by atoms with Gasteiger partial charge in [-0.1, -0.05) is 6.07 Å². The summed E-state index contributed by atoms with van der Waals surface area (Å²) in [6.07, 6.45) is -0.280. The van der Waals surface area contributed by atoms with Gasteiger partial charge in [-0.05, 0) is 57.2 Å². The van der Waals surface area contributed by atoms with Crippen LogP contribution < -0.4 is 16.0 Å². The Labute approximate surface area is 176 Å². The van der Waals surface area contributed by atoms with Gasteiger partial charge in [0, 0.05) is 37.6 Å². The molecule has 8 nitrogen and oxygen atoms in total. The molecule has 0 radical (unpaired) electrons. The summed E-state index contributed by atoms with van der Waals surface area (Å²) in [7, 11) is 0. The highest BCUT2D eigenvalue weighted by Gasteiger charge is 2.26. The van der Waals surface area contributed by atoms with Gasteiger partial charge in [-0.2, -0.15) is 0 Å². The molecular weight excluding hydrogens is 384 g/mol. The van der Waals surface area contributed by atoms with Crippen molar-refractivity contribution in [3.05, 3.63) is 48.0 Å². The molecule has 1 amide bonds. The van der Waals surface area contributed by atoms with Crippen LogP contribution >= 0.6 is 0 Å². The van der Waals surface area contributed by atoms with Crippen LogP contribution in [0.2, 0.25) is 0 Å². The minimum atomic E-state index is -1.01. The first kappa shape index (κ1) is 21.3. The number of carboxylic acids is 1. The minimum absolute atomic E-state index is 0.148. The van der Waals surface area contributed by atoms with Gasteiger partial charge in [-0.15, -0.1) is 0 Å². The van der Waals surface area contributed by atoms with E-state index in [0.717, 1.165) is 11.4 Å². The standard InChI is InChI=1S/C22H28N4O4/c1-22(2,3)30-21(29)26-11-9-25(10-12-26)17-6-4-5-16(14-17)24-19-8-7-15(20(27)28)13-18(19)23/h4-8,13-14,24H,9-12,23H2,1-3H3,(H,27,28). The molecule has 2 aromatic carbocycles. The number of nitrogens with zero attached hydrogens (tertiary/aromatic N) is 2. The van der Waals surface area contributed by atoms with Crippen molar-refractivity contribution < 1.29 is 19.4 Å². The Morgan fingerprint density at radius 1 is 1.07 bits per heavy atom. The Hall–Kier alpha value is -3.42. The van der Waals surface area contributed by atoms with Gasteiger partial charge in [0.25, 0.3) is 0 Å². The summed E-state index contributed by atoms with van der Waals surface area (Å²) in [6, 6.07) is 12.5. The molecule has 0 saturated carbocycles. The number of ether oxygens (including phenoxy) is 1. The number of carbonyl (C=O) groups is 2. The second kappa shape index (κ2) is 8.52. The highest BCUT2D eigenvalue weighted by molar-refractivity contribution is 5.91. The van der Waals surface area contributed by atoms with Crippen molar-refractivity contribution in [3.8, 4) is 0 Å². The number of carbonyl (C=O) groups excluding carboxylic acids is 1. The fourth-order valence-corrected chi connectivity index (χ4v) is 3.22. The molecule has 30 heavy (non-hydrogen) atoms. The third kappa shape index (κ3) is 5.34. The summed E-state index contributed by atoms with van der Waals surface area (Å²) in [5, 5.41) is 12.3. The molecular formula is C22H28N4O4. The molecule has 3 rings (SSSR count). The van der Waals surface area contributed by atoms with Crippen molar-refractivity contribution in [3.63, 3.8) is 0 Å². The number of nitrogen functional groups attached to an aromatic ring is 1. The van der Waals surface area contributed by atoms with Crippen LogP contribution in [0.1, 0.15) is 31.1 Å². The number of hydrogen-bond donors (Lipinski definition) is 3. The van der Waals surface area contributed by atoms with E-state index in [4.69, 9.17) is 15.6 Å². The van der Waals surface area contributed by atoms with Crippen LogP contribution in [-0.4, -0.2) is 53.8 Å². The second-order valence-corrected chi connectivity index (χ2v) is 8.24. The van der Waals surface area contributed by atoms with Crippen molar-refractivity contribution in [1.29, 1.82) is 0 Å². The Kier molecular flexibility index (Phi) is 6.05. The molecule has 0 aliphatic carbocycles. The van der Waals surface area contributed by atoms with Crippen molar-refractivity contribution in [2.75, 3.05) is 42.1 Å². The predicted octanol–water partition coefficient (Wildman–Crippen LogP) is 3.77. The van der Waals surface area contributed by atoms with E-state index < -0.39 is 11.6 Å². The first-order chi connectivity index (χ1) is 14.1. The first-order valence-corrected chi connectivity index (χ1v) is 9.85. The summed E-state index contributed by atoms with van der Waals surface area (Å²) in [6.45, 7) is 8.19. The normalized spacial score (nSPS) is 14.4. The van der Waals surface area contributed by atoms with Gasteiger partial charge in [0.05, 0.1) is 16.9 Å². The fourth-order valence-electron chi connectivity index (χ4n) is 3.22. The van der Waals surface area contributed by atoms with Gasteiger partial charge in [-0.3, -0.25) is 0 Å². The lowest BCUT2D eigenvalue weighted by Crippen LogP contribution is -2.50. The summed E-state index contributed by atoms with van der Waals surface area (Å²) in [4.78, 5) is 27.2. The highest BCUT2D eigenvalue weighted by atomic mass is 16.6. The third-order valence-electron chi connectivity index (χ3n) is 4.72. The maximum Gasteiger partial charge on any atom is 0.410 e. The van der Waals surface area contributed by atoms with Gasteiger partial charge in [0.15, 0.2) is 0 Å². The number of hydrogen-bond acceptors (Lipinski definition) is 6. The van der Waals surface area contributed by atoms with Crippen LogP contribution in [0.5, 0.6) is 0 Å². The highest BCUT2D eigenvalue weighted by Crippen LogP contribution is 2.27. The predicted molar refractivity (Wildman–Crippen MR) is 118 cm³/mol. The lowest BCUT2D eigenvalue weighted by Gasteiger charge is -2.36. The number of rotatable bonds is 4. The summed E-state index contributed by atoms with van der Waals surface area (Å²) >= 11 is 0. The van der Waals surface area contributed by atoms with E-state index in [1.54, 1.807) is 11.0 Å². The van der Waals surface area contributed by atoms with Crippen LogP contribution in [0.25, 0.3) is 0 Å². The number of amides is 1. The molecule has 0 bridgehead atoms. The number of benzene rings is 2. The first-order valence-electron chi connectivity index (χ1n) is 9.85. The van der Waals surface area contributed by atoms with Crippen LogP contribution in [0, 0.1) is 0 Å². The zero-order valence-corrected chi connectivity index (χ0v) is 17.5. The molecule has 4 N–H and O–H groups in total. The number of piperazine rings is 1. The summed E-state index contributed by atoms with van der Waals surface area (Å²) in [5.74, 6) is -1.01. The number of carboxylic acid groups (broad SMARTS) is 1. The molecule has 0 unspecified atom stereocenters. The van der Waals surface area contributed by atoms with E-state index in [9.17, 15) is 9.59 Å². The van der Waals surface area contributed by atoms with E-state index in [1.807, 2.05) is 45.0 Å². The molecule has 1 saturated heterocycles. The number of nitrogens with two attached hydrogens (primary N) is 1. The van der Waals surface area contributed by atoms with Crippen molar-refractivity contribution in [1.82, 2.24) is 4.90 Å². The van der Waals surface area contributed by atoms with Gasteiger partial charge >= 0.3 is 12.1 Å². The smallest absolute Gasteiger partial charge is 0.410 e. The summed E-state index contributed by atoms with van der Waals surface area (Å²) < 4.78 is 5.45. The van der Waals surface area contributed by atoms with E-state index in [-0.39, 0.29) is 11.7 Å². The Morgan fingerprint density at radius 2 is 1.77 bits per heavy atom. The molecule has 0 aromatic heterocycles. The maximum atomic E-state index is 12.2. The maximum absolute atomic E-state index is 12.2. The van der Waals surface area contributed by atoms with Crippen LogP contribution in [0.15, 0.2) is 42.5 Å². The van der Waals surface area contributed by atoms with Crippen molar-refractivity contribution >= 4 is 34.8 Å². The largest absolute Gasteiger partial charge is 0.478 e. The van der Waals surface area contributed by atoms with E-state index >= 15 is 0 Å². The quantitative estimate of drug-likeness (QED) is 0.656. The molecule has 160 valence electrons. The van der Waals surface area contributed by atoms with Crippen LogP contribution in [0.4, 0.5) is 27.5 Å². The molecule has 2 aromatic rings. The third-order valence-corrected chi connectivity index (χ3v) is 4.72. The Morgan fingerprint density at radius 3 is 2.37 bits per heavy atom. The van der Waals surface area contributed by atoms with E-state index in [2.05, 4.69) is 10.2 Å². The van der Waals surface area contributed by atoms with Gasteiger partial charge in [0.2, 0.25) is 0 Å². The van der Waals surface area contributed by atoms with Crippen LogP contribution in [-0.2, 0) is 4.74 Å². The average molecular weight is 412 g/mol. The minimum Gasteiger partial charge on any atom is -0.478 e. The zero-order chi connectivity index (χ0) is 21.9. The topological polar surface area (TPSA) is 108 Å². The summed E-state index contributed by atoms with van der Waals surface area (Å²) in [5.41, 5.74) is 8.52. The van der Waals surface area contributed by atoms with Gasteiger partial charge < -0.3 is 30.7 Å². The van der Waals surface area contributed by atoms with E-state index in [1.165, 1.54) is 12.1 Å². The molecule has 8 heteroatoms. The number of aromatic carboxylic acids is 1. The van der Waals surface area contributed by atoms with Crippen molar-refractivity contribution in [2.24, 2.45) is 0 Å². The lowest BCUT2D eigenvalue weighted by atomic mass is 10.1. The Balaban J connectivity index is 1.64. The van der Waals surface area contributed by atoms with Crippen molar-refractivity contribution in [2.45, 2.75) is 26.4 Å². The lowest BCUT2D eigenvalue weighted by molar-refractivity contribution is 0.0240. The molecule has 1 fully saturated rings. The number of nitrogens with one attached hydrogen (secondary N) is 1. The molecule has 1 aliphatic rings. The molecule has 0 spiro atoms. The van der Waals surface area contributed by atoms with E-state index in [0.29, 0.717) is 37.6 Å². The monoisotopic (exact) mass is 412 g/mol.